The molecule has 0 saturated heterocycles. The van der Waals surface area contributed by atoms with Crippen LogP contribution in [0, 0.1) is 0 Å². The maximum absolute atomic E-state index is 6.49. The molecule has 1 heterocycles. The van der Waals surface area contributed by atoms with Crippen molar-refractivity contribution in [2.75, 3.05) is 0 Å². The lowest BCUT2D eigenvalue weighted by Crippen LogP contribution is -2.00. The van der Waals surface area contributed by atoms with Gasteiger partial charge >= 0.3 is 0 Å². The van der Waals surface area contributed by atoms with E-state index in [2.05, 4.69) is 140 Å². The Labute approximate surface area is 235 Å². The van der Waals surface area contributed by atoms with Crippen molar-refractivity contribution in [3.8, 4) is 33.4 Å². The van der Waals surface area contributed by atoms with E-state index in [0.717, 1.165) is 32.5 Å². The normalized spacial score (nSPS) is 11.7. The van der Waals surface area contributed by atoms with Crippen molar-refractivity contribution in [2.24, 2.45) is 0 Å². The van der Waals surface area contributed by atoms with E-state index in [9.17, 15) is 0 Å². The van der Waals surface area contributed by atoms with Gasteiger partial charge in [-0.2, -0.15) is 0 Å². The smallest absolute Gasteiger partial charge is 0.143 e. The van der Waals surface area contributed by atoms with Crippen LogP contribution in [0.25, 0.3) is 76.9 Å². The number of hydrogen-bond donors (Lipinski definition) is 0. The Hall–Kier alpha value is -4.92. The average molecular weight is 527 g/mol. The van der Waals surface area contributed by atoms with Gasteiger partial charge in [0.25, 0.3) is 0 Å². The van der Waals surface area contributed by atoms with Gasteiger partial charge < -0.3 is 4.42 Å². The largest absolute Gasteiger partial charge is 0.456 e. The molecule has 0 aliphatic carbocycles. The standard InChI is InChI=1S/C38H26OSi/c40-34-19-9-18-33-32-17-8-16-27(37(32)39-38(33)34)24-20-22-26(23-21-24)36-30-14-6-4-12-28(30)35(25-10-2-1-3-11-25)29-13-5-7-15-31(29)36/h1-23H,40H3. The van der Waals surface area contributed by atoms with Gasteiger partial charge in [-0.25, -0.2) is 0 Å². The Balaban J connectivity index is 1.34. The van der Waals surface area contributed by atoms with Gasteiger partial charge in [-0.15, -0.1) is 0 Å². The summed E-state index contributed by atoms with van der Waals surface area (Å²) in [7, 11) is 0.961. The highest BCUT2D eigenvalue weighted by Crippen LogP contribution is 2.44. The zero-order chi connectivity index (χ0) is 26.6. The predicted molar refractivity (Wildman–Crippen MR) is 175 cm³/mol. The molecule has 0 aliphatic heterocycles. The topological polar surface area (TPSA) is 13.1 Å². The SMILES string of the molecule is [SiH3]c1cccc2c1oc1c(-c3ccc(-c4c5ccccc5c(-c5ccccc5)c5ccccc45)cc3)cccc12. The summed E-state index contributed by atoms with van der Waals surface area (Å²) in [5.74, 6) is 0. The van der Waals surface area contributed by atoms with Gasteiger partial charge in [-0.3, -0.25) is 0 Å². The van der Waals surface area contributed by atoms with E-state index in [4.69, 9.17) is 4.42 Å². The zero-order valence-electron chi connectivity index (χ0n) is 22.2. The first-order valence-corrected chi connectivity index (χ1v) is 14.8. The van der Waals surface area contributed by atoms with Gasteiger partial charge in [0.1, 0.15) is 11.2 Å². The van der Waals surface area contributed by atoms with Crippen LogP contribution in [0.1, 0.15) is 0 Å². The average Bonchev–Trinajstić information content (AvgIpc) is 3.41. The van der Waals surface area contributed by atoms with Crippen LogP contribution in [-0.2, 0) is 0 Å². The first kappa shape index (κ1) is 23.0. The molecule has 0 N–H and O–H groups in total. The number of hydrogen-bond acceptors (Lipinski definition) is 1. The molecule has 1 nitrogen and oxygen atoms in total. The summed E-state index contributed by atoms with van der Waals surface area (Å²) < 4.78 is 6.49. The fourth-order valence-corrected chi connectivity index (χ4v) is 6.92. The van der Waals surface area contributed by atoms with Gasteiger partial charge in [0.15, 0.2) is 0 Å². The van der Waals surface area contributed by atoms with Crippen LogP contribution in [-0.4, -0.2) is 10.2 Å². The minimum absolute atomic E-state index is 0.961. The first-order chi connectivity index (χ1) is 19.8. The molecule has 0 aliphatic rings. The van der Waals surface area contributed by atoms with Crippen molar-refractivity contribution in [1.82, 2.24) is 0 Å². The second-order valence-corrected chi connectivity index (χ2v) is 11.6. The molecule has 0 atom stereocenters. The quantitative estimate of drug-likeness (QED) is 0.165. The molecule has 0 radical (unpaired) electrons. The van der Waals surface area contributed by atoms with Gasteiger partial charge in [-0.05, 0) is 54.5 Å². The molecule has 2 heteroatoms. The molecule has 188 valence electrons. The van der Waals surface area contributed by atoms with Crippen molar-refractivity contribution in [1.29, 1.82) is 0 Å². The lowest BCUT2D eigenvalue weighted by molar-refractivity contribution is 0.672. The molecule has 40 heavy (non-hydrogen) atoms. The third kappa shape index (κ3) is 3.47. The second-order valence-electron chi connectivity index (χ2n) is 10.5. The third-order valence-electron chi connectivity index (χ3n) is 8.20. The van der Waals surface area contributed by atoms with E-state index in [0.29, 0.717) is 0 Å². The molecular weight excluding hydrogens is 501 g/mol. The summed E-state index contributed by atoms with van der Waals surface area (Å²) in [5, 5.41) is 8.78. The molecular formula is C38H26OSi. The predicted octanol–water partition coefficient (Wildman–Crippen LogP) is 8.88. The van der Waals surface area contributed by atoms with Crippen LogP contribution in [0.4, 0.5) is 0 Å². The Morgan fingerprint density at radius 2 is 0.800 bits per heavy atom. The summed E-state index contributed by atoms with van der Waals surface area (Å²) in [6.45, 7) is 0. The highest BCUT2D eigenvalue weighted by molar-refractivity contribution is 6.39. The first-order valence-electron chi connectivity index (χ1n) is 13.8. The minimum Gasteiger partial charge on any atom is -0.456 e. The lowest BCUT2D eigenvalue weighted by atomic mass is 9.86. The zero-order valence-corrected chi connectivity index (χ0v) is 24.2. The van der Waals surface area contributed by atoms with E-state index < -0.39 is 0 Å². The van der Waals surface area contributed by atoms with E-state index in [-0.39, 0.29) is 0 Å². The third-order valence-corrected chi connectivity index (χ3v) is 8.99. The van der Waals surface area contributed by atoms with Crippen molar-refractivity contribution in [3.63, 3.8) is 0 Å². The number of fused-ring (bicyclic) bond motifs is 5. The van der Waals surface area contributed by atoms with Crippen LogP contribution in [0.5, 0.6) is 0 Å². The maximum atomic E-state index is 6.49. The number of furan rings is 1. The van der Waals surface area contributed by atoms with Crippen LogP contribution < -0.4 is 5.19 Å². The minimum atomic E-state index is 0.961. The fraction of sp³-hybridized carbons (Fsp3) is 0. The summed E-state index contributed by atoms with van der Waals surface area (Å²) in [4.78, 5) is 0. The molecule has 0 spiro atoms. The van der Waals surface area contributed by atoms with Crippen LogP contribution >= 0.6 is 0 Å². The van der Waals surface area contributed by atoms with Crippen LogP contribution in [0.3, 0.4) is 0 Å². The van der Waals surface area contributed by atoms with Crippen LogP contribution in [0.15, 0.2) is 144 Å². The Bertz CT molecular complexity index is 2150. The molecule has 8 rings (SSSR count). The van der Waals surface area contributed by atoms with Crippen molar-refractivity contribution in [3.05, 3.63) is 140 Å². The van der Waals surface area contributed by atoms with Gasteiger partial charge in [0.2, 0.25) is 0 Å². The Morgan fingerprint density at radius 1 is 0.350 bits per heavy atom. The molecule has 0 unspecified atom stereocenters. The Kier molecular flexibility index (Phi) is 5.22. The van der Waals surface area contributed by atoms with Crippen molar-refractivity contribution >= 4 is 58.9 Å². The van der Waals surface area contributed by atoms with Gasteiger partial charge in [-0.1, -0.05) is 140 Å². The highest BCUT2D eigenvalue weighted by atomic mass is 28.1. The molecule has 7 aromatic carbocycles. The molecule has 0 amide bonds. The van der Waals surface area contributed by atoms with E-state index in [1.165, 1.54) is 59.8 Å². The molecule has 0 saturated carbocycles. The van der Waals surface area contributed by atoms with Crippen molar-refractivity contribution in [2.45, 2.75) is 0 Å². The number of rotatable bonds is 3. The van der Waals surface area contributed by atoms with E-state index in [1.54, 1.807) is 0 Å². The van der Waals surface area contributed by atoms with E-state index in [1.807, 2.05) is 0 Å². The molecule has 0 bridgehead atoms. The summed E-state index contributed by atoms with van der Waals surface area (Å²) >= 11 is 0. The number of para-hydroxylation sites is 2. The highest BCUT2D eigenvalue weighted by Gasteiger charge is 2.17. The van der Waals surface area contributed by atoms with E-state index >= 15 is 0 Å². The maximum Gasteiger partial charge on any atom is 0.143 e. The molecule has 0 fully saturated rings. The molecule has 1 aromatic heterocycles. The Morgan fingerprint density at radius 3 is 1.40 bits per heavy atom. The van der Waals surface area contributed by atoms with Crippen molar-refractivity contribution < 1.29 is 4.42 Å². The lowest BCUT2D eigenvalue weighted by Gasteiger charge is -2.18. The summed E-state index contributed by atoms with van der Waals surface area (Å²) in [5.41, 5.74) is 9.33. The summed E-state index contributed by atoms with van der Waals surface area (Å²) in [6, 6.07) is 50.4. The van der Waals surface area contributed by atoms with Crippen LogP contribution in [0.2, 0.25) is 0 Å². The fourth-order valence-electron chi connectivity index (χ4n) is 6.36. The van der Waals surface area contributed by atoms with Gasteiger partial charge in [0, 0.05) is 26.6 Å². The van der Waals surface area contributed by atoms with Gasteiger partial charge in [0.05, 0.1) is 0 Å². The second kappa shape index (κ2) is 9.08. The number of benzene rings is 7. The monoisotopic (exact) mass is 526 g/mol. The molecule has 8 aromatic rings. The summed E-state index contributed by atoms with van der Waals surface area (Å²) in [6.07, 6.45) is 0.